The first-order chi connectivity index (χ1) is 8.34. The van der Waals surface area contributed by atoms with Gasteiger partial charge in [-0.05, 0) is 13.0 Å². The van der Waals surface area contributed by atoms with Crippen molar-refractivity contribution < 1.29 is 4.74 Å². The van der Waals surface area contributed by atoms with Crippen molar-refractivity contribution in [3.05, 3.63) is 47.9 Å². The van der Waals surface area contributed by atoms with Crippen LogP contribution in [0.2, 0.25) is 0 Å². The largest absolute Gasteiger partial charge is 0.491 e. The SMILES string of the molecule is Cc1nccnc1NC1COc2ccccc21. The quantitative estimate of drug-likeness (QED) is 0.855. The maximum Gasteiger partial charge on any atom is 0.148 e. The molecular weight excluding hydrogens is 214 g/mol. The summed E-state index contributed by atoms with van der Waals surface area (Å²) < 4.78 is 5.61. The van der Waals surface area contributed by atoms with Gasteiger partial charge in [0.2, 0.25) is 0 Å². The number of aromatic nitrogens is 2. The second-order valence-electron chi connectivity index (χ2n) is 4.04. The lowest BCUT2D eigenvalue weighted by Gasteiger charge is -2.13. The van der Waals surface area contributed by atoms with E-state index in [-0.39, 0.29) is 6.04 Å². The predicted octanol–water partition coefficient (Wildman–Crippen LogP) is 2.33. The van der Waals surface area contributed by atoms with E-state index in [1.165, 1.54) is 5.56 Å². The highest BCUT2D eigenvalue weighted by Crippen LogP contribution is 2.33. The van der Waals surface area contributed by atoms with Gasteiger partial charge in [0, 0.05) is 18.0 Å². The van der Waals surface area contributed by atoms with Crippen LogP contribution in [-0.4, -0.2) is 16.6 Å². The number of hydrogen-bond acceptors (Lipinski definition) is 4. The number of benzene rings is 1. The molecule has 0 saturated heterocycles. The van der Waals surface area contributed by atoms with Gasteiger partial charge >= 0.3 is 0 Å². The lowest BCUT2D eigenvalue weighted by atomic mass is 10.1. The fraction of sp³-hybridized carbons (Fsp3) is 0.231. The van der Waals surface area contributed by atoms with Gasteiger partial charge in [0.05, 0.1) is 11.7 Å². The van der Waals surface area contributed by atoms with E-state index in [0.29, 0.717) is 6.61 Å². The number of para-hydroxylation sites is 1. The van der Waals surface area contributed by atoms with Crippen LogP contribution in [0.4, 0.5) is 5.82 Å². The molecular formula is C13H13N3O. The van der Waals surface area contributed by atoms with E-state index in [9.17, 15) is 0 Å². The molecule has 3 rings (SSSR count). The van der Waals surface area contributed by atoms with Gasteiger partial charge in [-0.3, -0.25) is 4.98 Å². The van der Waals surface area contributed by atoms with Crippen LogP contribution >= 0.6 is 0 Å². The minimum atomic E-state index is 0.154. The Morgan fingerprint density at radius 3 is 2.94 bits per heavy atom. The Hall–Kier alpha value is -2.10. The second kappa shape index (κ2) is 4.05. The zero-order chi connectivity index (χ0) is 11.7. The molecule has 1 aliphatic heterocycles. The Morgan fingerprint density at radius 2 is 2.06 bits per heavy atom. The third-order valence-electron chi connectivity index (χ3n) is 2.89. The summed E-state index contributed by atoms with van der Waals surface area (Å²) in [6.07, 6.45) is 3.39. The van der Waals surface area contributed by atoms with Crippen LogP contribution in [0.25, 0.3) is 0 Å². The van der Waals surface area contributed by atoms with Crippen LogP contribution in [0.3, 0.4) is 0 Å². The summed E-state index contributed by atoms with van der Waals surface area (Å²) in [5.74, 6) is 1.77. The van der Waals surface area contributed by atoms with Gasteiger partial charge in [-0.15, -0.1) is 0 Å². The molecule has 0 radical (unpaired) electrons. The first-order valence-corrected chi connectivity index (χ1v) is 5.60. The number of hydrogen-bond donors (Lipinski definition) is 1. The van der Waals surface area contributed by atoms with Crippen LogP contribution < -0.4 is 10.1 Å². The Morgan fingerprint density at radius 1 is 1.24 bits per heavy atom. The molecule has 1 aromatic carbocycles. The topological polar surface area (TPSA) is 47.0 Å². The maximum absolute atomic E-state index is 5.61. The molecule has 2 heterocycles. The molecule has 4 heteroatoms. The lowest BCUT2D eigenvalue weighted by Crippen LogP contribution is -2.14. The number of nitrogens with zero attached hydrogens (tertiary/aromatic N) is 2. The van der Waals surface area contributed by atoms with Crippen molar-refractivity contribution in [2.75, 3.05) is 11.9 Å². The molecule has 0 aliphatic carbocycles. The highest BCUT2D eigenvalue weighted by molar-refractivity contribution is 5.47. The van der Waals surface area contributed by atoms with E-state index in [4.69, 9.17) is 4.74 Å². The molecule has 1 atom stereocenters. The first kappa shape index (κ1) is 10.1. The van der Waals surface area contributed by atoms with Crippen LogP contribution in [-0.2, 0) is 0 Å². The van der Waals surface area contributed by atoms with Crippen molar-refractivity contribution >= 4 is 5.82 Å². The third-order valence-corrected chi connectivity index (χ3v) is 2.89. The number of nitrogens with one attached hydrogen (secondary N) is 1. The standard InChI is InChI=1S/C13H13N3O/c1-9-13(15-7-6-14-9)16-11-8-17-12-5-3-2-4-10(11)12/h2-7,11H,8H2,1H3,(H,15,16). The van der Waals surface area contributed by atoms with Crippen LogP contribution in [0.15, 0.2) is 36.7 Å². The predicted molar refractivity (Wildman–Crippen MR) is 65.1 cm³/mol. The number of rotatable bonds is 2. The van der Waals surface area contributed by atoms with Gasteiger partial charge in [0.15, 0.2) is 0 Å². The third kappa shape index (κ3) is 1.82. The van der Waals surface area contributed by atoms with E-state index < -0.39 is 0 Å². The molecule has 1 aliphatic rings. The highest BCUT2D eigenvalue weighted by atomic mass is 16.5. The molecule has 0 spiro atoms. The van der Waals surface area contributed by atoms with Gasteiger partial charge in [-0.1, -0.05) is 18.2 Å². The average Bonchev–Trinajstić information content (AvgIpc) is 2.76. The number of ether oxygens (including phenoxy) is 1. The Balaban J connectivity index is 1.87. The number of fused-ring (bicyclic) bond motifs is 1. The molecule has 1 unspecified atom stereocenters. The molecule has 0 bridgehead atoms. The Kier molecular flexibility index (Phi) is 2.40. The van der Waals surface area contributed by atoms with Crippen molar-refractivity contribution in [3.8, 4) is 5.75 Å². The van der Waals surface area contributed by atoms with Gasteiger partial charge < -0.3 is 10.1 Å². The van der Waals surface area contributed by atoms with Crippen molar-refractivity contribution in [3.63, 3.8) is 0 Å². The van der Waals surface area contributed by atoms with Crippen molar-refractivity contribution in [2.45, 2.75) is 13.0 Å². The molecule has 0 fully saturated rings. The lowest BCUT2D eigenvalue weighted by molar-refractivity contribution is 0.339. The molecule has 1 aromatic heterocycles. The minimum Gasteiger partial charge on any atom is -0.491 e. The van der Waals surface area contributed by atoms with Gasteiger partial charge in [-0.2, -0.15) is 0 Å². The summed E-state index contributed by atoms with van der Waals surface area (Å²) in [5.41, 5.74) is 2.08. The monoisotopic (exact) mass is 227 g/mol. The van der Waals surface area contributed by atoms with E-state index in [2.05, 4.69) is 21.4 Å². The molecule has 0 saturated carbocycles. The highest BCUT2D eigenvalue weighted by Gasteiger charge is 2.24. The van der Waals surface area contributed by atoms with Crippen molar-refractivity contribution in [1.82, 2.24) is 9.97 Å². The summed E-state index contributed by atoms with van der Waals surface area (Å²) in [6, 6.07) is 8.22. The second-order valence-corrected chi connectivity index (χ2v) is 4.04. The van der Waals surface area contributed by atoms with Crippen LogP contribution in [0, 0.1) is 6.92 Å². The Bertz CT molecular complexity index is 542. The molecule has 17 heavy (non-hydrogen) atoms. The van der Waals surface area contributed by atoms with Crippen molar-refractivity contribution in [2.24, 2.45) is 0 Å². The van der Waals surface area contributed by atoms with Gasteiger partial charge in [0.1, 0.15) is 18.2 Å². The zero-order valence-electron chi connectivity index (χ0n) is 9.55. The first-order valence-electron chi connectivity index (χ1n) is 5.60. The summed E-state index contributed by atoms with van der Waals surface area (Å²) in [4.78, 5) is 8.50. The van der Waals surface area contributed by atoms with Gasteiger partial charge in [0.25, 0.3) is 0 Å². The number of aryl methyl sites for hydroxylation is 1. The maximum atomic E-state index is 5.61. The van der Waals surface area contributed by atoms with E-state index in [0.717, 1.165) is 17.3 Å². The van der Waals surface area contributed by atoms with Gasteiger partial charge in [-0.25, -0.2) is 4.98 Å². The molecule has 4 nitrogen and oxygen atoms in total. The smallest absolute Gasteiger partial charge is 0.148 e. The van der Waals surface area contributed by atoms with E-state index in [1.807, 2.05) is 25.1 Å². The summed E-state index contributed by atoms with van der Waals surface area (Å²) in [5, 5.41) is 3.37. The molecule has 0 amide bonds. The fourth-order valence-electron chi connectivity index (χ4n) is 2.00. The summed E-state index contributed by atoms with van der Waals surface area (Å²) >= 11 is 0. The molecule has 2 aromatic rings. The molecule has 86 valence electrons. The summed E-state index contributed by atoms with van der Waals surface area (Å²) in [7, 11) is 0. The van der Waals surface area contributed by atoms with E-state index >= 15 is 0 Å². The summed E-state index contributed by atoms with van der Waals surface area (Å²) in [6.45, 7) is 2.58. The molecule has 1 N–H and O–H groups in total. The Labute approximate surface area is 99.7 Å². The van der Waals surface area contributed by atoms with E-state index in [1.54, 1.807) is 12.4 Å². The van der Waals surface area contributed by atoms with Crippen molar-refractivity contribution in [1.29, 1.82) is 0 Å². The normalized spacial score (nSPS) is 17.4. The minimum absolute atomic E-state index is 0.154. The average molecular weight is 227 g/mol. The fourth-order valence-corrected chi connectivity index (χ4v) is 2.00. The van der Waals surface area contributed by atoms with Crippen LogP contribution in [0.5, 0.6) is 5.75 Å². The van der Waals surface area contributed by atoms with Crippen LogP contribution in [0.1, 0.15) is 17.3 Å². The zero-order valence-corrected chi connectivity index (χ0v) is 9.55. The number of anilines is 1.